The predicted molar refractivity (Wildman–Crippen MR) is 117 cm³/mol. The Morgan fingerprint density at radius 2 is 1.79 bits per heavy atom. The number of primary sulfonamides is 1. The second-order valence-corrected chi connectivity index (χ2v) is 11.8. The molecule has 1 amide bonds. The number of halogens is 1. The van der Waals surface area contributed by atoms with Gasteiger partial charge >= 0.3 is 0 Å². The standard InChI is InChI=1S/C16H21ClN6O9S2/c1-15(8-31-21-25,9-32-22-26)14(24)23-4-2-16(3-5-23)19-11-6-10(17)12(33(18,27)28)7-13(11)34(29,30)20-16/h6-7,19-20H,2-5,8-9H2,1H3,(H2,18,27,28). The van der Waals surface area contributed by atoms with Gasteiger partial charge in [0, 0.05) is 25.9 Å². The minimum absolute atomic E-state index is 0.0747. The van der Waals surface area contributed by atoms with Crippen LogP contribution in [0, 0.1) is 15.2 Å². The summed E-state index contributed by atoms with van der Waals surface area (Å²) in [6.07, 6.45) is 0.225. The van der Waals surface area contributed by atoms with Crippen LogP contribution >= 0.6 is 11.6 Å². The molecule has 2 aliphatic heterocycles. The van der Waals surface area contributed by atoms with Crippen molar-refractivity contribution in [2.45, 2.75) is 35.2 Å². The molecule has 2 heterocycles. The Hall–Kier alpha value is -2.60. The number of nitrogens with two attached hydrogens (primary N) is 1. The van der Waals surface area contributed by atoms with E-state index >= 15 is 0 Å². The average Bonchev–Trinajstić information content (AvgIpc) is 2.74. The number of nitrogens with one attached hydrogen (secondary N) is 2. The fourth-order valence-corrected chi connectivity index (χ4v) is 6.60. The topological polar surface area (TPSA) is 216 Å². The van der Waals surface area contributed by atoms with E-state index in [1.165, 1.54) is 17.9 Å². The summed E-state index contributed by atoms with van der Waals surface area (Å²) < 4.78 is 51.8. The number of hydrogen-bond acceptors (Lipinski definition) is 12. The van der Waals surface area contributed by atoms with E-state index in [0.29, 0.717) is 0 Å². The Kier molecular flexibility index (Phi) is 7.05. The fraction of sp³-hybridized carbons (Fsp3) is 0.562. The van der Waals surface area contributed by atoms with Crippen LogP contribution in [0.2, 0.25) is 5.02 Å². The molecule has 1 fully saturated rings. The highest BCUT2D eigenvalue weighted by molar-refractivity contribution is 7.90. The van der Waals surface area contributed by atoms with Gasteiger partial charge in [-0.25, -0.2) is 22.0 Å². The zero-order chi connectivity index (χ0) is 25.4. The van der Waals surface area contributed by atoms with Crippen LogP contribution in [0.1, 0.15) is 19.8 Å². The number of nitrogens with zero attached hydrogens (tertiary/aromatic N) is 3. The van der Waals surface area contributed by atoms with Crippen LogP contribution in [0.5, 0.6) is 0 Å². The van der Waals surface area contributed by atoms with Crippen LogP contribution in [0.3, 0.4) is 0 Å². The number of likely N-dealkylation sites (tertiary alicyclic amines) is 1. The maximum atomic E-state index is 13.0. The van der Waals surface area contributed by atoms with Gasteiger partial charge in [0.25, 0.3) is 0 Å². The van der Waals surface area contributed by atoms with E-state index in [2.05, 4.69) is 30.4 Å². The minimum Gasteiger partial charge on any atom is -0.365 e. The zero-order valence-electron chi connectivity index (χ0n) is 17.7. The molecule has 34 heavy (non-hydrogen) atoms. The van der Waals surface area contributed by atoms with Gasteiger partial charge in [-0.3, -0.25) is 4.79 Å². The van der Waals surface area contributed by atoms with Crippen molar-refractivity contribution in [2.24, 2.45) is 21.2 Å². The van der Waals surface area contributed by atoms with Crippen LogP contribution in [-0.4, -0.2) is 59.6 Å². The van der Waals surface area contributed by atoms with Crippen molar-refractivity contribution in [3.05, 3.63) is 27.0 Å². The maximum Gasteiger partial charge on any atom is 0.244 e. The van der Waals surface area contributed by atoms with Crippen LogP contribution in [0.4, 0.5) is 5.69 Å². The third-order valence-electron chi connectivity index (χ3n) is 5.63. The third kappa shape index (κ3) is 5.07. The summed E-state index contributed by atoms with van der Waals surface area (Å²) >= 11 is 6.01. The van der Waals surface area contributed by atoms with Crippen molar-refractivity contribution in [1.29, 1.82) is 0 Å². The van der Waals surface area contributed by atoms with Crippen LogP contribution in [0.15, 0.2) is 32.6 Å². The largest absolute Gasteiger partial charge is 0.365 e. The quantitative estimate of drug-likeness (QED) is 0.304. The number of hydrogen-bond donors (Lipinski definition) is 3. The fourth-order valence-electron chi connectivity index (χ4n) is 3.87. The molecule has 2 aliphatic rings. The highest BCUT2D eigenvalue weighted by Gasteiger charge is 2.47. The van der Waals surface area contributed by atoms with Gasteiger partial charge in [-0.05, 0) is 19.1 Å². The molecular formula is C16H21ClN6O9S2. The molecule has 3 rings (SSSR count). The van der Waals surface area contributed by atoms with E-state index in [1.54, 1.807) is 0 Å². The molecule has 0 atom stereocenters. The molecule has 0 radical (unpaired) electrons. The Morgan fingerprint density at radius 3 is 2.29 bits per heavy atom. The van der Waals surface area contributed by atoms with Crippen LogP contribution < -0.4 is 15.2 Å². The first kappa shape index (κ1) is 26.0. The summed E-state index contributed by atoms with van der Waals surface area (Å²) in [5.74, 6) is -0.519. The summed E-state index contributed by atoms with van der Waals surface area (Å²) in [5, 5.41) is 12.4. The molecule has 4 N–H and O–H groups in total. The van der Waals surface area contributed by atoms with Gasteiger partial charge in [0.05, 0.1) is 10.7 Å². The monoisotopic (exact) mass is 540 g/mol. The predicted octanol–water partition coefficient (Wildman–Crippen LogP) is 0.412. The van der Waals surface area contributed by atoms with E-state index in [0.717, 1.165) is 6.07 Å². The lowest BCUT2D eigenvalue weighted by Crippen LogP contribution is -2.63. The van der Waals surface area contributed by atoms with E-state index in [9.17, 15) is 31.4 Å². The number of anilines is 1. The molecule has 0 bridgehead atoms. The van der Waals surface area contributed by atoms with E-state index in [-0.39, 0.29) is 41.5 Å². The summed E-state index contributed by atoms with van der Waals surface area (Å²) in [7, 11) is -8.43. The van der Waals surface area contributed by atoms with Gasteiger partial charge in [0.2, 0.25) is 26.0 Å². The van der Waals surface area contributed by atoms with E-state index < -0.39 is 55.1 Å². The maximum absolute atomic E-state index is 13.0. The molecule has 0 saturated carbocycles. The molecule has 0 aromatic heterocycles. The third-order valence-corrected chi connectivity index (χ3v) is 8.58. The summed E-state index contributed by atoms with van der Waals surface area (Å²) in [4.78, 5) is 43.2. The van der Waals surface area contributed by atoms with Crippen molar-refractivity contribution in [3.63, 3.8) is 0 Å². The Labute approximate surface area is 199 Å². The number of carbonyl (C=O) groups excluding carboxylic acids is 1. The van der Waals surface area contributed by atoms with Crippen molar-refractivity contribution in [1.82, 2.24) is 9.62 Å². The van der Waals surface area contributed by atoms with Gasteiger partial charge in [-0.15, -0.1) is 9.81 Å². The second kappa shape index (κ2) is 9.21. The summed E-state index contributed by atoms with van der Waals surface area (Å²) in [6.45, 7) is 0.626. The molecule has 1 aromatic rings. The smallest absolute Gasteiger partial charge is 0.244 e. The van der Waals surface area contributed by atoms with Crippen molar-refractivity contribution in [2.75, 3.05) is 31.6 Å². The summed E-state index contributed by atoms with van der Waals surface area (Å²) in [6, 6.07) is 2.04. The number of benzene rings is 1. The van der Waals surface area contributed by atoms with Crippen LogP contribution in [0.25, 0.3) is 0 Å². The number of piperidine rings is 1. The van der Waals surface area contributed by atoms with Gasteiger partial charge in [-0.2, -0.15) is 4.72 Å². The molecule has 15 nitrogen and oxygen atoms in total. The lowest BCUT2D eigenvalue weighted by molar-refractivity contribution is -0.151. The first-order valence-electron chi connectivity index (χ1n) is 9.64. The van der Waals surface area contributed by atoms with Crippen molar-refractivity contribution in [3.8, 4) is 0 Å². The Balaban J connectivity index is 1.83. The highest BCUT2D eigenvalue weighted by Crippen LogP contribution is 2.39. The van der Waals surface area contributed by atoms with Gasteiger partial charge in [-0.1, -0.05) is 11.6 Å². The normalized spacial score (nSPS) is 19.0. The lowest BCUT2D eigenvalue weighted by atomic mass is 9.88. The molecule has 1 saturated heterocycles. The average molecular weight is 541 g/mol. The Morgan fingerprint density at radius 1 is 1.24 bits per heavy atom. The molecule has 0 unspecified atom stereocenters. The number of amides is 1. The lowest BCUT2D eigenvalue weighted by Gasteiger charge is -2.46. The molecule has 1 spiro atoms. The minimum atomic E-state index is -4.26. The molecular weight excluding hydrogens is 520 g/mol. The van der Waals surface area contributed by atoms with E-state index in [4.69, 9.17) is 16.7 Å². The number of carbonyl (C=O) groups is 1. The van der Waals surface area contributed by atoms with Gasteiger partial charge in [0.15, 0.2) is 10.7 Å². The number of rotatable bonds is 8. The number of sulfonamides is 2. The zero-order valence-corrected chi connectivity index (χ0v) is 20.1. The van der Waals surface area contributed by atoms with Crippen molar-refractivity contribution < 1.29 is 31.3 Å². The molecule has 188 valence electrons. The van der Waals surface area contributed by atoms with Crippen LogP contribution in [-0.2, 0) is 34.5 Å². The second-order valence-electron chi connectivity index (χ2n) is 8.19. The number of fused-ring (bicyclic) bond motifs is 1. The van der Waals surface area contributed by atoms with Crippen molar-refractivity contribution >= 4 is 43.2 Å². The Bertz CT molecular complexity index is 1200. The van der Waals surface area contributed by atoms with E-state index in [1.807, 2.05) is 0 Å². The van der Waals surface area contributed by atoms with Gasteiger partial charge < -0.3 is 19.9 Å². The first-order chi connectivity index (χ1) is 15.8. The van der Waals surface area contributed by atoms with Gasteiger partial charge in [0.1, 0.15) is 34.1 Å². The SMILES string of the molecule is CC(CON=O)(CON=O)C(=O)N1CCC2(CC1)Nc1cc(Cl)c(S(N)(=O)=O)cc1S(=O)(=O)N2. The molecule has 1 aromatic carbocycles. The summed E-state index contributed by atoms with van der Waals surface area (Å²) in [5.41, 5.74) is -2.56. The molecule has 18 heteroatoms. The molecule has 0 aliphatic carbocycles. The highest BCUT2D eigenvalue weighted by atomic mass is 35.5. The first-order valence-corrected chi connectivity index (χ1v) is 13.0.